The van der Waals surface area contributed by atoms with Crippen molar-refractivity contribution in [1.82, 2.24) is 20.8 Å². The molecule has 3 rings (SSSR count). The number of carbonyl (C=O) groups is 1. The fourth-order valence-corrected chi connectivity index (χ4v) is 3.69. The minimum absolute atomic E-state index is 0.193. The summed E-state index contributed by atoms with van der Waals surface area (Å²) in [4.78, 5) is 17.8. The van der Waals surface area contributed by atoms with Gasteiger partial charge in [0.2, 0.25) is 0 Å². The number of fused-ring (bicyclic) bond motifs is 1. The largest absolute Gasteiger partial charge is 0.361 e. The lowest BCUT2D eigenvalue weighted by Gasteiger charge is -2.06. The Hall–Kier alpha value is -1.89. The highest BCUT2D eigenvalue weighted by Gasteiger charge is 2.14. The zero-order chi connectivity index (χ0) is 15.4. The zero-order valence-electron chi connectivity index (χ0n) is 12.6. The van der Waals surface area contributed by atoms with Gasteiger partial charge in [-0.05, 0) is 32.6 Å². The van der Waals surface area contributed by atoms with Crippen molar-refractivity contribution in [2.75, 3.05) is 6.54 Å². The first kappa shape index (κ1) is 15.0. The van der Waals surface area contributed by atoms with Gasteiger partial charge in [-0.2, -0.15) is 0 Å². The van der Waals surface area contributed by atoms with Crippen molar-refractivity contribution in [3.05, 3.63) is 33.1 Å². The fraction of sp³-hybridized carbons (Fsp3) is 0.533. The van der Waals surface area contributed by atoms with E-state index in [9.17, 15) is 4.79 Å². The van der Waals surface area contributed by atoms with Gasteiger partial charge in [0, 0.05) is 23.9 Å². The lowest BCUT2D eigenvalue weighted by atomic mass is 10.0. The highest BCUT2D eigenvalue weighted by molar-refractivity contribution is 7.11. The van der Waals surface area contributed by atoms with Gasteiger partial charge in [-0.3, -0.25) is 0 Å². The van der Waals surface area contributed by atoms with Crippen LogP contribution in [0.5, 0.6) is 0 Å². The maximum atomic E-state index is 11.7. The molecule has 2 amide bonds. The van der Waals surface area contributed by atoms with Crippen LogP contribution in [0.2, 0.25) is 0 Å². The van der Waals surface area contributed by atoms with E-state index in [-0.39, 0.29) is 6.03 Å². The predicted molar refractivity (Wildman–Crippen MR) is 83.9 cm³/mol. The molecule has 6 nitrogen and oxygen atoms in total. The summed E-state index contributed by atoms with van der Waals surface area (Å²) in [5.74, 6) is 0.741. The Labute approximate surface area is 133 Å². The van der Waals surface area contributed by atoms with Crippen LogP contribution in [0, 0.1) is 6.92 Å². The average molecular weight is 320 g/mol. The van der Waals surface area contributed by atoms with Crippen molar-refractivity contribution < 1.29 is 9.32 Å². The van der Waals surface area contributed by atoms with Gasteiger partial charge in [0.15, 0.2) is 0 Å². The summed E-state index contributed by atoms with van der Waals surface area (Å²) in [6, 6.07) is 1.61. The van der Waals surface area contributed by atoms with Crippen LogP contribution in [0.1, 0.15) is 39.9 Å². The molecule has 1 aliphatic rings. The summed E-state index contributed by atoms with van der Waals surface area (Å²) in [6.45, 7) is 2.79. The van der Waals surface area contributed by atoms with Crippen molar-refractivity contribution in [2.45, 2.75) is 45.6 Å². The predicted octanol–water partition coefficient (Wildman–Crippen LogP) is 2.36. The second kappa shape index (κ2) is 6.91. The lowest BCUT2D eigenvalue weighted by Crippen LogP contribution is -2.36. The zero-order valence-corrected chi connectivity index (χ0v) is 13.5. The molecule has 0 radical (unpaired) electrons. The molecule has 0 saturated carbocycles. The molecule has 1 aliphatic carbocycles. The number of aryl methyl sites for hydroxylation is 3. The Morgan fingerprint density at radius 3 is 3.00 bits per heavy atom. The number of aromatic nitrogens is 2. The minimum atomic E-state index is -0.193. The molecule has 0 saturated heterocycles. The van der Waals surface area contributed by atoms with Crippen LogP contribution in [0.3, 0.4) is 0 Å². The van der Waals surface area contributed by atoms with Crippen LogP contribution in [0.25, 0.3) is 0 Å². The molecule has 2 aromatic heterocycles. The second-order valence-electron chi connectivity index (χ2n) is 5.47. The molecule has 7 heteroatoms. The van der Waals surface area contributed by atoms with E-state index in [4.69, 9.17) is 4.52 Å². The van der Waals surface area contributed by atoms with E-state index in [1.807, 2.05) is 6.92 Å². The Bertz CT molecular complexity index is 626. The molecule has 2 N–H and O–H groups in total. The van der Waals surface area contributed by atoms with E-state index in [0.29, 0.717) is 13.1 Å². The monoisotopic (exact) mass is 320 g/mol. The Balaban J connectivity index is 1.39. The first-order valence-corrected chi connectivity index (χ1v) is 8.44. The van der Waals surface area contributed by atoms with Gasteiger partial charge in [-0.1, -0.05) is 5.16 Å². The number of hydrogen-bond acceptors (Lipinski definition) is 5. The first-order chi connectivity index (χ1) is 10.7. The van der Waals surface area contributed by atoms with Crippen LogP contribution in [0.15, 0.2) is 10.6 Å². The van der Waals surface area contributed by atoms with E-state index in [1.165, 1.54) is 23.4 Å². The van der Waals surface area contributed by atoms with Crippen LogP contribution in [-0.2, 0) is 25.8 Å². The Morgan fingerprint density at radius 1 is 1.36 bits per heavy atom. The van der Waals surface area contributed by atoms with Gasteiger partial charge in [0.05, 0.1) is 17.2 Å². The summed E-state index contributed by atoms with van der Waals surface area (Å²) in [5.41, 5.74) is 2.00. The van der Waals surface area contributed by atoms with Crippen molar-refractivity contribution in [3.63, 3.8) is 0 Å². The maximum absolute atomic E-state index is 11.7. The van der Waals surface area contributed by atoms with Crippen LogP contribution < -0.4 is 10.6 Å². The summed E-state index contributed by atoms with van der Waals surface area (Å²) in [7, 11) is 0. The van der Waals surface area contributed by atoms with Crippen LogP contribution in [-0.4, -0.2) is 22.7 Å². The number of nitrogens with one attached hydrogen (secondary N) is 2. The standard InChI is InChI=1S/C15H20N4O2S/c1-10-8-11(19-21-10)9-17-15(20)16-7-6-14-18-12-4-2-3-5-13(12)22-14/h8H,2-7,9H2,1H3,(H2,16,17,20). The molecule has 2 aromatic rings. The fourth-order valence-electron chi connectivity index (χ4n) is 2.53. The third kappa shape index (κ3) is 3.85. The smallest absolute Gasteiger partial charge is 0.315 e. The normalized spacial score (nSPS) is 13.7. The van der Waals surface area contributed by atoms with Crippen LogP contribution >= 0.6 is 11.3 Å². The maximum Gasteiger partial charge on any atom is 0.315 e. The topological polar surface area (TPSA) is 80.0 Å². The van der Waals surface area contributed by atoms with Crippen molar-refractivity contribution >= 4 is 17.4 Å². The highest BCUT2D eigenvalue weighted by Crippen LogP contribution is 2.26. The van der Waals surface area contributed by atoms with E-state index < -0.39 is 0 Å². The van der Waals surface area contributed by atoms with Gasteiger partial charge in [-0.25, -0.2) is 9.78 Å². The van der Waals surface area contributed by atoms with E-state index in [1.54, 1.807) is 17.4 Å². The summed E-state index contributed by atoms with van der Waals surface area (Å²) < 4.78 is 4.95. The Kier molecular flexibility index (Phi) is 4.72. The number of rotatable bonds is 5. The third-order valence-electron chi connectivity index (χ3n) is 3.62. The third-order valence-corrected chi connectivity index (χ3v) is 4.84. The molecule has 0 aromatic carbocycles. The molecule has 118 valence electrons. The number of hydrogen-bond donors (Lipinski definition) is 2. The van der Waals surface area contributed by atoms with E-state index >= 15 is 0 Å². The SMILES string of the molecule is Cc1cc(CNC(=O)NCCc2nc3c(s2)CCCC3)no1. The van der Waals surface area contributed by atoms with Gasteiger partial charge >= 0.3 is 6.03 Å². The van der Waals surface area contributed by atoms with Crippen molar-refractivity contribution in [2.24, 2.45) is 0 Å². The lowest BCUT2D eigenvalue weighted by molar-refractivity contribution is 0.240. The number of thiazole rings is 1. The minimum Gasteiger partial charge on any atom is -0.361 e. The van der Waals surface area contributed by atoms with Gasteiger partial charge in [0.1, 0.15) is 11.5 Å². The van der Waals surface area contributed by atoms with Crippen molar-refractivity contribution in [1.29, 1.82) is 0 Å². The Morgan fingerprint density at radius 2 is 2.23 bits per heavy atom. The van der Waals surface area contributed by atoms with Gasteiger partial charge in [-0.15, -0.1) is 11.3 Å². The molecule has 2 heterocycles. The van der Waals surface area contributed by atoms with Gasteiger partial charge in [0.25, 0.3) is 0 Å². The average Bonchev–Trinajstić information content (AvgIpc) is 3.10. The highest BCUT2D eigenvalue weighted by atomic mass is 32.1. The van der Waals surface area contributed by atoms with E-state index in [2.05, 4.69) is 20.8 Å². The molecular formula is C15H20N4O2S. The molecule has 0 atom stereocenters. The van der Waals surface area contributed by atoms with Gasteiger partial charge < -0.3 is 15.2 Å². The van der Waals surface area contributed by atoms with E-state index in [0.717, 1.165) is 35.7 Å². The number of nitrogens with zero attached hydrogens (tertiary/aromatic N) is 2. The molecule has 0 unspecified atom stereocenters. The molecule has 0 aliphatic heterocycles. The summed E-state index contributed by atoms with van der Waals surface area (Å²) in [5, 5.41) is 10.6. The molecule has 0 fully saturated rings. The molecular weight excluding hydrogens is 300 g/mol. The summed E-state index contributed by atoms with van der Waals surface area (Å²) in [6.07, 6.45) is 5.58. The molecule has 0 spiro atoms. The van der Waals surface area contributed by atoms with Crippen LogP contribution in [0.4, 0.5) is 4.79 Å². The number of carbonyl (C=O) groups excluding carboxylic acids is 1. The molecule has 0 bridgehead atoms. The number of amides is 2. The van der Waals surface area contributed by atoms with Crippen molar-refractivity contribution in [3.8, 4) is 0 Å². The number of urea groups is 1. The summed E-state index contributed by atoms with van der Waals surface area (Å²) >= 11 is 1.79. The molecule has 22 heavy (non-hydrogen) atoms. The quantitative estimate of drug-likeness (QED) is 0.886. The first-order valence-electron chi connectivity index (χ1n) is 7.62. The second-order valence-corrected chi connectivity index (χ2v) is 6.64.